The predicted octanol–water partition coefficient (Wildman–Crippen LogP) is 19.0. The highest BCUT2D eigenvalue weighted by molar-refractivity contribution is 9.11. The Labute approximate surface area is 571 Å². The fourth-order valence-electron chi connectivity index (χ4n) is 15.2. The summed E-state index contributed by atoms with van der Waals surface area (Å²) < 4.78 is 82.4. The van der Waals surface area contributed by atoms with Gasteiger partial charge in [-0.15, -0.1) is 0 Å². The van der Waals surface area contributed by atoms with E-state index < -0.39 is 61.1 Å². The highest BCUT2D eigenvalue weighted by Crippen LogP contribution is 2.48. The van der Waals surface area contributed by atoms with Crippen molar-refractivity contribution in [1.82, 2.24) is 9.97 Å². The number of aromatic nitrogens is 2. The Kier molecular flexibility index (Phi) is 28.3. The second kappa shape index (κ2) is 34.1. The molecule has 8 bridgehead atoms. The van der Waals surface area contributed by atoms with Gasteiger partial charge in [-0.05, 0) is 128 Å². The molecule has 5 aliphatic rings. The van der Waals surface area contributed by atoms with Gasteiger partial charge in [0.15, 0.2) is 28.3 Å². The number of hydrogen-bond donors (Lipinski definition) is 0. The van der Waals surface area contributed by atoms with Crippen LogP contribution in [0.25, 0.3) is 12.2 Å². The fourth-order valence-corrected chi connectivity index (χ4v) is 25.2. The fraction of sp³-hybridized carbons (Fsp3) is 0.716. The average Bonchev–Trinajstić information content (AvgIpc) is 1.42. The molecule has 0 saturated carbocycles. The van der Waals surface area contributed by atoms with Crippen LogP contribution in [-0.4, -0.2) is 128 Å². The molecule has 0 aromatic carbocycles. The zero-order valence-electron chi connectivity index (χ0n) is 60.4. The van der Waals surface area contributed by atoms with E-state index in [1.165, 1.54) is 0 Å². The summed E-state index contributed by atoms with van der Waals surface area (Å²) in [4.78, 5) is 26.2. The quantitative estimate of drug-likeness (QED) is 0.0422. The number of ether oxygens (including phenoxy) is 7. The highest BCUT2D eigenvalue weighted by atomic mass is 79.9. The first-order valence-electron chi connectivity index (χ1n) is 35.1. The zero-order chi connectivity index (χ0) is 68.2. The van der Waals surface area contributed by atoms with Crippen molar-refractivity contribution >= 4 is 59.0 Å². The summed E-state index contributed by atoms with van der Waals surface area (Å²) >= 11 is 3.40. The Morgan fingerprint density at radius 1 is 0.839 bits per heavy atom. The van der Waals surface area contributed by atoms with Gasteiger partial charge in [0.05, 0.1) is 67.5 Å². The van der Waals surface area contributed by atoms with Gasteiger partial charge in [-0.3, -0.25) is 0 Å². The molecule has 0 N–H and O–H groups in total. The van der Waals surface area contributed by atoms with Crippen LogP contribution >= 0.6 is 15.9 Å². The number of methoxy groups -OCH3 is 2. The molecule has 2 aromatic heterocycles. The minimum atomic E-state index is -2.37. The van der Waals surface area contributed by atoms with E-state index in [0.29, 0.717) is 72.6 Å². The lowest BCUT2D eigenvalue weighted by Crippen LogP contribution is -2.59. The molecule has 2 aromatic rings. The molecule has 15 nitrogen and oxygen atoms in total. The predicted molar refractivity (Wildman–Crippen MR) is 383 cm³/mol. The second-order valence-electron chi connectivity index (χ2n) is 30.1. The number of carbonyl (C=O) groups is 1. The standard InChI is InChI=1S/C74H119BrN2O13Si3/c1-22-92(23-2,24-3)90-74(44-62(80-19)43-66(87-74)67(89-91(20,21)73(15,16)17)38-51(10)33-34-57(79-18)29-27-35-75)45-69-76-56(46-81-69)39-53(12)71-55(14)72-54(13)64(85-71)30-26-31-68-77-63(47-82-68)65-42-61(88-93(48(4)5,49(6)7)50(8)9)41-60(84-65)40-59-37-52(11)36-58(83-59)28-25-32-70(78)86-72/h25-27,31-35,38-39,46-50,54-55,57-62,64-67,71-72H,11,22-24,28-30,36-37,40-45H2,1-10,12-21H3/b31-26+,32-25-,34-33+,35-27+,51-38+,53-39+/t54-,55+,57-,58+,59-,60-,61-,62-,64-,65-,66-,67-,71+,72+,74-/m1/s1. The van der Waals surface area contributed by atoms with Crippen molar-refractivity contribution in [1.29, 1.82) is 0 Å². The number of rotatable bonds is 24. The number of allylic oxidation sites excluding steroid dienone is 2. The van der Waals surface area contributed by atoms with Crippen LogP contribution in [0.4, 0.5) is 0 Å². The molecule has 4 fully saturated rings. The number of hydrogen-bond acceptors (Lipinski definition) is 15. The molecule has 7 heterocycles. The van der Waals surface area contributed by atoms with Gasteiger partial charge in [0, 0.05) is 57.8 Å². The minimum Gasteiger partial charge on any atom is -0.458 e. The summed E-state index contributed by atoms with van der Waals surface area (Å²) in [6.45, 7) is 45.0. The molecule has 15 atom stereocenters. The zero-order valence-corrected chi connectivity index (χ0v) is 65.0. The molecule has 7 rings (SSSR count). The van der Waals surface area contributed by atoms with E-state index in [0.717, 1.165) is 66.2 Å². The van der Waals surface area contributed by atoms with Crippen LogP contribution in [0.2, 0.25) is 52.9 Å². The highest BCUT2D eigenvalue weighted by Gasteiger charge is 2.53. The molecule has 0 radical (unpaired) electrons. The van der Waals surface area contributed by atoms with Crippen molar-refractivity contribution in [2.45, 2.75) is 313 Å². The van der Waals surface area contributed by atoms with Gasteiger partial charge in [-0.1, -0.05) is 167 Å². The van der Waals surface area contributed by atoms with Gasteiger partial charge >= 0.3 is 5.97 Å². The summed E-state index contributed by atoms with van der Waals surface area (Å²) in [5.41, 5.74) is 5.83. The van der Waals surface area contributed by atoms with Gasteiger partial charge in [0.1, 0.15) is 36.1 Å². The first kappa shape index (κ1) is 77.2. The Balaban J connectivity index is 1.19. The van der Waals surface area contributed by atoms with Crippen molar-refractivity contribution in [2.75, 3.05) is 14.2 Å². The summed E-state index contributed by atoms with van der Waals surface area (Å²) in [5, 5.41) is -0.0663. The number of carbonyl (C=O) groups excluding carboxylic acids is 1. The Morgan fingerprint density at radius 3 is 2.17 bits per heavy atom. The van der Waals surface area contributed by atoms with E-state index >= 15 is 0 Å². The number of oxazole rings is 2. The van der Waals surface area contributed by atoms with E-state index in [1.54, 1.807) is 32.8 Å². The maximum Gasteiger partial charge on any atom is 0.330 e. The van der Waals surface area contributed by atoms with E-state index in [4.69, 9.17) is 65.2 Å². The first-order valence-corrected chi connectivity index (χ1v) is 43.6. The Hall–Kier alpha value is -3.16. The third-order valence-electron chi connectivity index (χ3n) is 21.5. The van der Waals surface area contributed by atoms with Crippen molar-refractivity contribution in [3.05, 3.63) is 107 Å². The number of esters is 1. The van der Waals surface area contributed by atoms with Crippen LogP contribution in [-0.2, 0) is 57.7 Å². The lowest BCUT2D eigenvalue weighted by Gasteiger charge is -2.50. The molecule has 4 saturated heterocycles. The Morgan fingerprint density at radius 2 is 1.53 bits per heavy atom. The lowest BCUT2D eigenvalue weighted by atomic mass is 9.79. The van der Waals surface area contributed by atoms with Crippen LogP contribution in [0.3, 0.4) is 0 Å². The molecule has 0 spiro atoms. The monoisotopic (exact) mass is 1410 g/mol. The largest absolute Gasteiger partial charge is 0.458 e. The lowest BCUT2D eigenvalue weighted by molar-refractivity contribution is -0.276. The van der Waals surface area contributed by atoms with Crippen molar-refractivity contribution in [2.24, 2.45) is 11.8 Å². The van der Waals surface area contributed by atoms with Gasteiger partial charge < -0.3 is 55.3 Å². The van der Waals surface area contributed by atoms with Gasteiger partial charge in [-0.25, -0.2) is 14.8 Å². The SMILES string of the molecule is C=C1C[C@@H]2C[C@@H]3C[C@@H](O[Si](C(C)C)(C(C)C)C(C)C)C[C@@H](O3)c3coc(n3)/C=C/C[C@H]3O[C@@H](/C(C)=C/c4coc(C[C@]5(O[Si](CC)(CC)CC)C[C@H](OC)C[C@H]([C@@H](/C=C(C)/C=C/[C@@H](C/C=C/Br)OC)O[Si](C)(C)C(C)(C)C)O5)n4)[C@H](C)[C@@H](OC(=O)/C=C\C[C@@H](C1)O2)[C@@H]3C. The topological polar surface area (TPSA) is 161 Å². The minimum absolute atomic E-state index is 0.00574. The maximum absolute atomic E-state index is 14.1. The maximum atomic E-state index is 14.1. The molecular weight excluding hydrogens is 1290 g/mol. The third-order valence-corrected chi connectivity index (χ3v) is 37.1. The van der Waals surface area contributed by atoms with Gasteiger partial charge in [-0.2, -0.15) is 0 Å². The number of nitrogens with zero attached hydrogens (tertiary/aromatic N) is 2. The van der Waals surface area contributed by atoms with Gasteiger partial charge in [0.25, 0.3) is 0 Å². The molecular formula is C74H119BrN2O13Si3. The number of fused-ring (bicyclic) bond motifs is 9. The molecule has 5 aliphatic heterocycles. The van der Waals surface area contributed by atoms with Crippen LogP contribution < -0.4 is 0 Å². The smallest absolute Gasteiger partial charge is 0.330 e. The van der Waals surface area contributed by atoms with E-state index in [-0.39, 0.29) is 72.1 Å². The van der Waals surface area contributed by atoms with Gasteiger partial charge in [0.2, 0.25) is 14.2 Å². The van der Waals surface area contributed by atoms with E-state index in [1.807, 2.05) is 29.3 Å². The van der Waals surface area contributed by atoms with Crippen LogP contribution in [0.1, 0.15) is 204 Å². The average molecular weight is 1410 g/mol. The normalized spacial score (nSPS) is 30.9. The van der Waals surface area contributed by atoms with E-state index in [2.05, 4.69) is 171 Å². The summed E-state index contributed by atoms with van der Waals surface area (Å²) in [6, 6.07) is 2.76. The van der Waals surface area contributed by atoms with Crippen molar-refractivity contribution in [3.63, 3.8) is 0 Å². The first-order chi connectivity index (χ1) is 43.9. The second-order valence-corrected chi connectivity index (χ2v) is 45.5. The summed E-state index contributed by atoms with van der Waals surface area (Å²) in [6.07, 6.45) is 25.2. The Bertz CT molecular complexity index is 2870. The number of halogens is 1. The van der Waals surface area contributed by atoms with Crippen molar-refractivity contribution < 1.29 is 60.1 Å². The summed E-state index contributed by atoms with van der Waals surface area (Å²) in [7, 11) is -3.46. The van der Waals surface area contributed by atoms with Crippen LogP contribution in [0, 0.1) is 11.8 Å². The molecule has 522 valence electrons. The van der Waals surface area contributed by atoms with Crippen LogP contribution in [0.5, 0.6) is 0 Å². The third kappa shape index (κ3) is 20.0. The molecule has 0 aliphatic carbocycles. The summed E-state index contributed by atoms with van der Waals surface area (Å²) in [5.74, 6) is -0.934. The van der Waals surface area contributed by atoms with Crippen LogP contribution in [0.15, 0.2) is 92.2 Å². The van der Waals surface area contributed by atoms with E-state index in [9.17, 15) is 4.79 Å². The van der Waals surface area contributed by atoms with Crippen molar-refractivity contribution in [3.8, 4) is 0 Å². The molecule has 0 unspecified atom stereocenters. The molecule has 93 heavy (non-hydrogen) atoms. The molecule has 0 amide bonds. The molecule has 19 heteroatoms.